The van der Waals surface area contributed by atoms with Crippen LogP contribution in [-0.4, -0.2) is 72.7 Å². The molecule has 4 amide bonds. The maximum Gasteiger partial charge on any atom is 0.249 e. The molecule has 0 bridgehead atoms. The van der Waals surface area contributed by atoms with E-state index in [1.54, 1.807) is 29.8 Å². The third-order valence-corrected chi connectivity index (χ3v) is 6.25. The summed E-state index contributed by atoms with van der Waals surface area (Å²) < 4.78 is 0. The summed E-state index contributed by atoms with van der Waals surface area (Å²) in [5.41, 5.74) is 3.03. The van der Waals surface area contributed by atoms with Crippen molar-refractivity contribution in [1.82, 2.24) is 20.4 Å². The number of carbonyl (C=O) groups is 4. The molecule has 1 saturated heterocycles. The van der Waals surface area contributed by atoms with E-state index in [1.165, 1.54) is 11.1 Å². The molecule has 0 radical (unpaired) electrons. The average molecular weight is 489 g/mol. The summed E-state index contributed by atoms with van der Waals surface area (Å²) in [6, 6.07) is -0.798. The topological polar surface area (TPSA) is 98.8 Å². The number of carbonyl (C=O) groups excluding carboxylic acids is 4. The highest BCUT2D eigenvalue weighted by Crippen LogP contribution is 2.21. The minimum Gasteiger partial charge on any atom is -0.351 e. The van der Waals surface area contributed by atoms with Gasteiger partial charge in [-0.15, -0.1) is 0 Å². The Morgan fingerprint density at radius 2 is 1.80 bits per heavy atom. The first-order valence-corrected chi connectivity index (χ1v) is 12.5. The van der Waals surface area contributed by atoms with Gasteiger partial charge in [-0.1, -0.05) is 43.2 Å². The number of likely N-dealkylation sites (tertiary alicyclic amines) is 1. The van der Waals surface area contributed by atoms with Crippen LogP contribution in [0, 0.1) is 5.92 Å². The third kappa shape index (κ3) is 10.1. The van der Waals surface area contributed by atoms with Crippen molar-refractivity contribution < 1.29 is 19.2 Å². The summed E-state index contributed by atoms with van der Waals surface area (Å²) in [7, 11) is 1.66. The highest BCUT2D eigenvalue weighted by Gasteiger charge is 2.34. The van der Waals surface area contributed by atoms with Gasteiger partial charge in [-0.25, -0.2) is 0 Å². The molecule has 0 saturated carbocycles. The van der Waals surface area contributed by atoms with Crippen molar-refractivity contribution in [3.05, 3.63) is 34.9 Å². The van der Waals surface area contributed by atoms with E-state index in [9.17, 15) is 19.2 Å². The first kappa shape index (κ1) is 30.1. The maximum absolute atomic E-state index is 13.2. The SMILES string of the molecule is CC(C)=CCCC(C)=CCNC(=O)[C@@H]1CCCN1C(=O)C(C)=C[C@H](C(C)C)N(C)C(=O)CNC=O. The smallest absolute Gasteiger partial charge is 0.249 e. The Morgan fingerprint density at radius 3 is 2.40 bits per heavy atom. The van der Waals surface area contributed by atoms with Gasteiger partial charge >= 0.3 is 0 Å². The molecule has 1 heterocycles. The van der Waals surface area contributed by atoms with Crippen LogP contribution in [0.1, 0.15) is 67.2 Å². The van der Waals surface area contributed by atoms with Crippen LogP contribution in [0.4, 0.5) is 0 Å². The van der Waals surface area contributed by atoms with Gasteiger partial charge in [-0.2, -0.15) is 0 Å². The van der Waals surface area contributed by atoms with Crippen molar-refractivity contribution in [3.63, 3.8) is 0 Å². The standard InChI is InChI=1S/C27H44N4O4/c1-19(2)10-8-11-21(5)13-14-29-26(34)23-12-9-15-31(23)27(35)22(6)16-24(20(3)4)30(7)25(33)17-28-18-32/h10,13,16,18,20,23-24H,8-9,11-12,14-15,17H2,1-7H3,(H,28,32)(H,29,34)/t23-,24+/m0/s1. The molecule has 8 nitrogen and oxygen atoms in total. The molecule has 1 aliphatic heterocycles. The Kier molecular flexibility index (Phi) is 13.1. The number of hydrogen-bond donors (Lipinski definition) is 2. The van der Waals surface area contributed by atoms with E-state index < -0.39 is 6.04 Å². The van der Waals surface area contributed by atoms with Crippen molar-refractivity contribution in [3.8, 4) is 0 Å². The van der Waals surface area contributed by atoms with Crippen molar-refractivity contribution >= 4 is 24.1 Å². The van der Waals surface area contributed by atoms with Gasteiger partial charge in [-0.3, -0.25) is 19.2 Å². The number of rotatable bonds is 13. The fraction of sp³-hybridized carbons (Fsp3) is 0.630. The first-order valence-electron chi connectivity index (χ1n) is 12.5. The Hall–Kier alpha value is -2.90. The van der Waals surface area contributed by atoms with E-state index in [-0.39, 0.29) is 36.2 Å². The normalized spacial score (nSPS) is 17.1. The van der Waals surface area contributed by atoms with Gasteiger partial charge in [0.1, 0.15) is 6.04 Å². The van der Waals surface area contributed by atoms with E-state index in [0.29, 0.717) is 31.5 Å². The Balaban J connectivity index is 2.80. The monoisotopic (exact) mass is 488 g/mol. The van der Waals surface area contributed by atoms with E-state index in [4.69, 9.17) is 0 Å². The molecule has 8 heteroatoms. The summed E-state index contributed by atoms with van der Waals surface area (Å²) in [6.45, 7) is 12.8. The predicted octanol–water partition coefficient (Wildman–Crippen LogP) is 2.96. The Bertz CT molecular complexity index is 840. The summed E-state index contributed by atoms with van der Waals surface area (Å²) in [5.74, 6) is -0.499. The van der Waals surface area contributed by atoms with E-state index >= 15 is 0 Å². The number of amides is 4. The zero-order valence-electron chi connectivity index (χ0n) is 22.5. The molecule has 196 valence electrons. The van der Waals surface area contributed by atoms with Crippen LogP contribution in [0.15, 0.2) is 34.9 Å². The van der Waals surface area contributed by atoms with E-state index in [1.807, 2.05) is 19.9 Å². The molecular weight excluding hydrogens is 444 g/mol. The molecule has 2 N–H and O–H groups in total. The zero-order valence-corrected chi connectivity index (χ0v) is 22.5. The maximum atomic E-state index is 13.2. The summed E-state index contributed by atoms with van der Waals surface area (Å²) in [6.07, 6.45) is 9.86. The molecule has 35 heavy (non-hydrogen) atoms. The van der Waals surface area contributed by atoms with Crippen molar-refractivity contribution in [2.24, 2.45) is 5.92 Å². The van der Waals surface area contributed by atoms with Crippen LogP contribution in [0.2, 0.25) is 0 Å². The minimum atomic E-state index is -0.487. The average Bonchev–Trinajstić information content (AvgIpc) is 3.29. The van der Waals surface area contributed by atoms with Gasteiger partial charge in [0.25, 0.3) is 0 Å². The lowest BCUT2D eigenvalue weighted by molar-refractivity contribution is -0.135. The van der Waals surface area contributed by atoms with Crippen molar-refractivity contribution in [2.45, 2.75) is 79.3 Å². The highest BCUT2D eigenvalue weighted by molar-refractivity contribution is 5.97. The third-order valence-electron chi connectivity index (χ3n) is 6.25. The largest absolute Gasteiger partial charge is 0.351 e. The lowest BCUT2D eigenvalue weighted by Crippen LogP contribution is -2.47. The first-order chi connectivity index (χ1) is 16.5. The molecule has 0 aromatic heterocycles. The van der Waals surface area contributed by atoms with Crippen molar-refractivity contribution in [2.75, 3.05) is 26.7 Å². The second-order valence-corrected chi connectivity index (χ2v) is 9.86. The fourth-order valence-corrected chi connectivity index (χ4v) is 4.14. The zero-order chi connectivity index (χ0) is 26.5. The van der Waals surface area contributed by atoms with Crippen molar-refractivity contribution in [1.29, 1.82) is 0 Å². The lowest BCUT2D eigenvalue weighted by atomic mass is 9.99. The highest BCUT2D eigenvalue weighted by atomic mass is 16.2. The van der Waals surface area contributed by atoms with Crippen LogP contribution in [0.3, 0.4) is 0 Å². The van der Waals surface area contributed by atoms with Gasteiger partial charge in [0, 0.05) is 25.7 Å². The number of allylic oxidation sites excluding steroid dienone is 3. The second-order valence-electron chi connectivity index (χ2n) is 9.86. The van der Waals surface area contributed by atoms with Crippen LogP contribution in [0.5, 0.6) is 0 Å². The van der Waals surface area contributed by atoms with Crippen LogP contribution in [0.25, 0.3) is 0 Å². The molecule has 2 atom stereocenters. The summed E-state index contributed by atoms with van der Waals surface area (Å²) >= 11 is 0. The van der Waals surface area contributed by atoms with Gasteiger partial charge < -0.3 is 20.4 Å². The summed E-state index contributed by atoms with van der Waals surface area (Å²) in [5, 5.41) is 5.34. The number of nitrogens with one attached hydrogen (secondary N) is 2. The van der Waals surface area contributed by atoms with Gasteiger partial charge in [0.15, 0.2) is 0 Å². The van der Waals surface area contributed by atoms with Crippen LogP contribution < -0.4 is 10.6 Å². The number of likely N-dealkylation sites (N-methyl/N-ethyl adjacent to an activating group) is 1. The Labute approximate surface area is 210 Å². The molecule has 0 aromatic carbocycles. The van der Waals surface area contributed by atoms with Gasteiger partial charge in [-0.05, 0) is 59.3 Å². The molecule has 1 aliphatic rings. The fourth-order valence-electron chi connectivity index (χ4n) is 4.14. The molecule has 0 aliphatic carbocycles. The van der Waals surface area contributed by atoms with Crippen LogP contribution in [-0.2, 0) is 19.2 Å². The lowest BCUT2D eigenvalue weighted by Gasteiger charge is -2.30. The molecular formula is C27H44N4O4. The van der Waals surface area contributed by atoms with Gasteiger partial charge in [0.2, 0.25) is 24.1 Å². The molecule has 0 unspecified atom stereocenters. The molecule has 0 spiro atoms. The van der Waals surface area contributed by atoms with Crippen LogP contribution >= 0.6 is 0 Å². The van der Waals surface area contributed by atoms with Gasteiger partial charge in [0.05, 0.1) is 12.6 Å². The number of nitrogens with zero attached hydrogens (tertiary/aromatic N) is 2. The summed E-state index contributed by atoms with van der Waals surface area (Å²) in [4.78, 5) is 52.1. The second kappa shape index (κ2) is 15.2. The number of hydrogen-bond acceptors (Lipinski definition) is 4. The molecule has 1 rings (SSSR count). The molecule has 0 aromatic rings. The minimum absolute atomic E-state index is 0.0624. The van der Waals surface area contributed by atoms with E-state index in [0.717, 1.165) is 19.3 Å². The van der Waals surface area contributed by atoms with E-state index in [2.05, 4.69) is 37.5 Å². The Morgan fingerprint density at radius 1 is 1.11 bits per heavy atom. The molecule has 1 fully saturated rings. The quantitative estimate of drug-likeness (QED) is 0.237. The predicted molar refractivity (Wildman–Crippen MR) is 139 cm³/mol.